The van der Waals surface area contributed by atoms with Crippen LogP contribution in [0.4, 0.5) is 0 Å². The number of para-hydroxylation sites is 1. The molecule has 0 aliphatic heterocycles. The Labute approximate surface area is 137 Å². The molecular formula is C16H16N4O4. The summed E-state index contributed by atoms with van der Waals surface area (Å²) < 4.78 is 11.8. The first-order valence-electron chi connectivity index (χ1n) is 7.19. The Balaban J connectivity index is 1.80. The highest BCUT2D eigenvalue weighted by atomic mass is 16.5. The summed E-state index contributed by atoms with van der Waals surface area (Å²) in [4.78, 5) is 23.9. The number of aromatic nitrogens is 3. The first kappa shape index (κ1) is 15.6. The Morgan fingerprint density at radius 3 is 2.83 bits per heavy atom. The van der Waals surface area contributed by atoms with E-state index in [1.165, 1.54) is 10.6 Å². The van der Waals surface area contributed by atoms with Crippen LogP contribution in [-0.2, 0) is 6.54 Å². The molecule has 24 heavy (non-hydrogen) atoms. The minimum atomic E-state index is -0.394. The number of methoxy groups -OCH3 is 2. The predicted octanol–water partition coefficient (Wildman–Crippen LogP) is 0.970. The van der Waals surface area contributed by atoms with Gasteiger partial charge in [-0.15, -0.1) is 0 Å². The Hall–Kier alpha value is -3.29. The number of fused-ring (bicyclic) bond motifs is 1. The second-order valence-electron chi connectivity index (χ2n) is 5.01. The lowest BCUT2D eigenvalue weighted by atomic mass is 10.1. The molecule has 3 rings (SSSR count). The van der Waals surface area contributed by atoms with Crippen LogP contribution >= 0.6 is 0 Å². The summed E-state index contributed by atoms with van der Waals surface area (Å²) in [6.07, 6.45) is 1.44. The van der Waals surface area contributed by atoms with E-state index in [4.69, 9.17) is 9.47 Å². The van der Waals surface area contributed by atoms with Crippen LogP contribution in [-0.4, -0.2) is 34.7 Å². The number of carbonyl (C=O) groups is 1. The van der Waals surface area contributed by atoms with E-state index < -0.39 is 5.69 Å². The SMILES string of the molecule is COc1cccc(CNC(=O)c2ccc3n[nH]c(=O)n3c2)c1OC. The van der Waals surface area contributed by atoms with Gasteiger partial charge in [0.25, 0.3) is 5.91 Å². The van der Waals surface area contributed by atoms with E-state index in [0.717, 1.165) is 5.56 Å². The number of H-pyrrole nitrogens is 1. The van der Waals surface area contributed by atoms with Crippen molar-refractivity contribution in [3.8, 4) is 11.5 Å². The van der Waals surface area contributed by atoms with Gasteiger partial charge in [0.2, 0.25) is 0 Å². The summed E-state index contributed by atoms with van der Waals surface area (Å²) in [7, 11) is 3.10. The van der Waals surface area contributed by atoms with Crippen LogP contribution < -0.4 is 20.5 Å². The zero-order valence-electron chi connectivity index (χ0n) is 13.2. The molecule has 0 fully saturated rings. The van der Waals surface area contributed by atoms with Crippen LogP contribution in [0.1, 0.15) is 15.9 Å². The quantitative estimate of drug-likeness (QED) is 0.727. The molecule has 0 radical (unpaired) electrons. The van der Waals surface area contributed by atoms with Crippen molar-refractivity contribution >= 4 is 11.6 Å². The van der Waals surface area contributed by atoms with Crippen molar-refractivity contribution < 1.29 is 14.3 Å². The first-order chi connectivity index (χ1) is 11.6. The van der Waals surface area contributed by atoms with Gasteiger partial charge in [-0.3, -0.25) is 4.79 Å². The molecule has 2 aromatic heterocycles. The van der Waals surface area contributed by atoms with Crippen molar-refractivity contribution in [3.05, 3.63) is 58.1 Å². The highest BCUT2D eigenvalue weighted by Crippen LogP contribution is 2.30. The number of hydrogen-bond donors (Lipinski definition) is 2. The van der Waals surface area contributed by atoms with Crippen molar-refractivity contribution in [2.45, 2.75) is 6.54 Å². The summed E-state index contributed by atoms with van der Waals surface area (Å²) in [5.41, 5.74) is 1.19. The molecule has 124 valence electrons. The fourth-order valence-corrected chi connectivity index (χ4v) is 2.41. The number of nitrogens with one attached hydrogen (secondary N) is 2. The molecule has 8 heteroatoms. The van der Waals surface area contributed by atoms with E-state index in [1.807, 2.05) is 12.1 Å². The lowest BCUT2D eigenvalue weighted by Crippen LogP contribution is -2.24. The minimum absolute atomic E-state index is 0.261. The zero-order valence-corrected chi connectivity index (χ0v) is 13.2. The molecule has 0 unspecified atom stereocenters. The van der Waals surface area contributed by atoms with E-state index in [9.17, 15) is 9.59 Å². The topological polar surface area (TPSA) is 97.7 Å². The minimum Gasteiger partial charge on any atom is -0.493 e. The van der Waals surface area contributed by atoms with Gasteiger partial charge in [0.1, 0.15) is 0 Å². The van der Waals surface area contributed by atoms with Crippen molar-refractivity contribution in [3.63, 3.8) is 0 Å². The average molecular weight is 328 g/mol. The van der Waals surface area contributed by atoms with Crippen molar-refractivity contribution in [2.75, 3.05) is 14.2 Å². The van der Waals surface area contributed by atoms with E-state index in [2.05, 4.69) is 15.5 Å². The van der Waals surface area contributed by atoms with Crippen molar-refractivity contribution in [1.29, 1.82) is 0 Å². The maximum Gasteiger partial charge on any atom is 0.347 e. The third kappa shape index (κ3) is 2.81. The van der Waals surface area contributed by atoms with Crippen LogP contribution in [0, 0.1) is 0 Å². The Morgan fingerprint density at radius 1 is 1.25 bits per heavy atom. The van der Waals surface area contributed by atoms with Gasteiger partial charge in [-0.1, -0.05) is 12.1 Å². The summed E-state index contributed by atoms with van der Waals surface area (Å²) in [6, 6.07) is 8.64. The van der Waals surface area contributed by atoms with Gasteiger partial charge in [0.05, 0.1) is 19.8 Å². The number of aromatic amines is 1. The number of hydrogen-bond acceptors (Lipinski definition) is 5. The third-order valence-electron chi connectivity index (χ3n) is 3.60. The molecule has 0 saturated carbocycles. The molecule has 1 aromatic carbocycles. The molecule has 0 aliphatic carbocycles. The van der Waals surface area contributed by atoms with Crippen LogP contribution in [0.15, 0.2) is 41.3 Å². The summed E-state index contributed by atoms with van der Waals surface area (Å²) >= 11 is 0. The van der Waals surface area contributed by atoms with Gasteiger partial charge in [-0.2, -0.15) is 5.10 Å². The fraction of sp³-hybridized carbons (Fsp3) is 0.188. The van der Waals surface area contributed by atoms with Gasteiger partial charge in [0, 0.05) is 18.3 Å². The van der Waals surface area contributed by atoms with E-state index >= 15 is 0 Å². The predicted molar refractivity (Wildman–Crippen MR) is 86.5 cm³/mol. The van der Waals surface area contributed by atoms with Crippen LogP contribution in [0.3, 0.4) is 0 Å². The molecule has 3 aromatic rings. The maximum absolute atomic E-state index is 12.3. The summed E-state index contributed by atoms with van der Waals surface area (Å²) in [5.74, 6) is 0.854. The number of rotatable bonds is 5. The van der Waals surface area contributed by atoms with Gasteiger partial charge < -0.3 is 14.8 Å². The molecule has 2 N–H and O–H groups in total. The average Bonchev–Trinajstić information content (AvgIpc) is 2.99. The van der Waals surface area contributed by atoms with Crippen LogP contribution in [0.2, 0.25) is 0 Å². The molecule has 2 heterocycles. The van der Waals surface area contributed by atoms with E-state index in [-0.39, 0.29) is 12.5 Å². The molecule has 0 aliphatic rings. The summed E-state index contributed by atoms with van der Waals surface area (Å²) in [6.45, 7) is 0.261. The molecule has 0 saturated heterocycles. The second-order valence-corrected chi connectivity index (χ2v) is 5.01. The van der Waals surface area contributed by atoms with Crippen LogP contribution in [0.5, 0.6) is 11.5 Å². The molecular weight excluding hydrogens is 312 g/mol. The molecule has 0 bridgehead atoms. The van der Waals surface area contributed by atoms with Gasteiger partial charge >= 0.3 is 5.69 Å². The monoisotopic (exact) mass is 328 g/mol. The lowest BCUT2D eigenvalue weighted by molar-refractivity contribution is 0.0950. The highest BCUT2D eigenvalue weighted by Gasteiger charge is 2.12. The molecule has 0 atom stereocenters. The first-order valence-corrected chi connectivity index (χ1v) is 7.19. The van der Waals surface area contributed by atoms with E-state index in [1.54, 1.807) is 32.4 Å². The Morgan fingerprint density at radius 2 is 2.08 bits per heavy atom. The van der Waals surface area contributed by atoms with Crippen LogP contribution in [0.25, 0.3) is 5.65 Å². The Kier molecular flexibility index (Phi) is 4.19. The Bertz CT molecular complexity index is 945. The van der Waals surface area contributed by atoms with Gasteiger partial charge in [0.15, 0.2) is 17.1 Å². The van der Waals surface area contributed by atoms with E-state index in [0.29, 0.717) is 22.7 Å². The number of benzene rings is 1. The number of pyridine rings is 1. The number of nitrogens with zero attached hydrogens (tertiary/aromatic N) is 2. The molecule has 0 spiro atoms. The molecule has 1 amide bonds. The van der Waals surface area contributed by atoms with Gasteiger partial charge in [-0.25, -0.2) is 14.3 Å². The fourth-order valence-electron chi connectivity index (χ4n) is 2.41. The smallest absolute Gasteiger partial charge is 0.347 e. The number of amides is 1. The number of ether oxygens (including phenoxy) is 2. The number of carbonyl (C=O) groups excluding carboxylic acids is 1. The third-order valence-corrected chi connectivity index (χ3v) is 3.60. The van der Waals surface area contributed by atoms with Crippen molar-refractivity contribution in [2.24, 2.45) is 0 Å². The highest BCUT2D eigenvalue weighted by molar-refractivity contribution is 5.94. The normalized spacial score (nSPS) is 10.6. The summed E-state index contributed by atoms with van der Waals surface area (Å²) in [5, 5.41) is 8.94. The van der Waals surface area contributed by atoms with Gasteiger partial charge in [-0.05, 0) is 18.2 Å². The zero-order chi connectivity index (χ0) is 17.1. The lowest BCUT2D eigenvalue weighted by Gasteiger charge is -2.13. The standard InChI is InChI=1S/C16H16N4O4/c1-23-12-5-3-4-10(14(12)24-2)8-17-15(21)11-6-7-13-18-19-16(22)20(13)9-11/h3-7,9H,8H2,1-2H3,(H,17,21)(H,19,22). The second kappa shape index (κ2) is 6.45. The maximum atomic E-state index is 12.3. The largest absolute Gasteiger partial charge is 0.493 e. The van der Waals surface area contributed by atoms with Crippen molar-refractivity contribution in [1.82, 2.24) is 19.9 Å². The molecule has 8 nitrogen and oxygen atoms in total.